The Hall–Kier alpha value is -3.03. The van der Waals surface area contributed by atoms with Crippen molar-refractivity contribution < 1.29 is 12.6 Å². The topological polar surface area (TPSA) is 90.1 Å². The fourth-order valence-corrected chi connectivity index (χ4v) is 4.52. The van der Waals surface area contributed by atoms with Crippen LogP contribution < -0.4 is 5.73 Å². The van der Waals surface area contributed by atoms with Crippen molar-refractivity contribution in [3.05, 3.63) is 72.8 Å². The minimum atomic E-state index is -3.28. The third-order valence-corrected chi connectivity index (χ3v) is 6.98. The van der Waals surface area contributed by atoms with Crippen LogP contribution >= 0.6 is 0 Å². The molecule has 30 heavy (non-hydrogen) atoms. The highest BCUT2D eigenvalue weighted by molar-refractivity contribution is 7.90. The lowest BCUT2D eigenvalue weighted by atomic mass is 10.0. The summed E-state index contributed by atoms with van der Waals surface area (Å²) in [6.07, 6.45) is 2.84. The lowest BCUT2D eigenvalue weighted by Crippen LogP contribution is -1.97. The summed E-state index contributed by atoms with van der Waals surface area (Å²) in [5, 5.41) is 0.893. The maximum atomic E-state index is 11.9. The number of anilines is 1. The molecular weight excluding hydrogens is 416 g/mol. The van der Waals surface area contributed by atoms with Crippen LogP contribution in [-0.4, -0.2) is 30.1 Å². The zero-order valence-corrected chi connectivity index (χ0v) is 18.1. The van der Waals surface area contributed by atoms with E-state index in [1.165, 1.54) is 6.26 Å². The number of nitrogens with two attached hydrogens (primary N) is 1. The Bertz CT molecular complexity index is 1400. The quantitative estimate of drug-likeness (QED) is 0.515. The van der Waals surface area contributed by atoms with E-state index < -0.39 is 20.6 Å². The maximum absolute atomic E-state index is 11.9. The summed E-state index contributed by atoms with van der Waals surface area (Å²) in [4.78, 5) is 5.55. The summed E-state index contributed by atoms with van der Waals surface area (Å²) in [6, 6.07) is 22.0. The van der Waals surface area contributed by atoms with Gasteiger partial charge in [0.1, 0.15) is 5.82 Å². The zero-order valence-electron chi connectivity index (χ0n) is 16.5. The Morgan fingerprint density at radius 2 is 1.53 bits per heavy atom. The SMILES string of the molecule is CS(=O)c1ccc(-c2cc3cc(-c4cccc(S(C)(=O)=O)c4)ccc3nc2N)cc1. The molecule has 0 saturated heterocycles. The van der Waals surface area contributed by atoms with Gasteiger partial charge in [-0.15, -0.1) is 0 Å². The van der Waals surface area contributed by atoms with Gasteiger partial charge in [0.15, 0.2) is 9.84 Å². The number of aromatic nitrogens is 1. The van der Waals surface area contributed by atoms with Gasteiger partial charge in [-0.25, -0.2) is 13.4 Å². The Kier molecular flexibility index (Phi) is 5.17. The second-order valence-corrected chi connectivity index (χ2v) is 10.5. The van der Waals surface area contributed by atoms with E-state index in [2.05, 4.69) is 4.98 Å². The molecule has 1 heterocycles. The molecule has 2 N–H and O–H groups in total. The van der Waals surface area contributed by atoms with Gasteiger partial charge < -0.3 is 5.73 Å². The van der Waals surface area contributed by atoms with Crippen LogP contribution in [0.1, 0.15) is 0 Å². The molecule has 7 heteroatoms. The van der Waals surface area contributed by atoms with Gasteiger partial charge in [-0.3, -0.25) is 4.21 Å². The van der Waals surface area contributed by atoms with Crippen LogP contribution in [0.5, 0.6) is 0 Å². The van der Waals surface area contributed by atoms with Crippen molar-refractivity contribution in [1.82, 2.24) is 4.98 Å². The molecule has 4 aromatic rings. The van der Waals surface area contributed by atoms with E-state index >= 15 is 0 Å². The van der Waals surface area contributed by atoms with Crippen LogP contribution in [0.3, 0.4) is 0 Å². The van der Waals surface area contributed by atoms with Gasteiger partial charge >= 0.3 is 0 Å². The lowest BCUT2D eigenvalue weighted by molar-refractivity contribution is 0.602. The summed E-state index contributed by atoms with van der Waals surface area (Å²) in [5.41, 5.74) is 10.3. The first-order valence-electron chi connectivity index (χ1n) is 9.17. The van der Waals surface area contributed by atoms with E-state index in [1.807, 2.05) is 54.6 Å². The average Bonchev–Trinajstić information content (AvgIpc) is 2.72. The van der Waals surface area contributed by atoms with Crippen LogP contribution in [0.15, 0.2) is 82.6 Å². The summed E-state index contributed by atoms with van der Waals surface area (Å²) >= 11 is 0. The van der Waals surface area contributed by atoms with Crippen molar-refractivity contribution in [2.75, 3.05) is 18.2 Å². The second kappa shape index (κ2) is 7.66. The Labute approximate surface area is 178 Å². The van der Waals surface area contributed by atoms with Crippen molar-refractivity contribution in [2.24, 2.45) is 0 Å². The molecular formula is C23H20N2O3S2. The molecule has 0 spiro atoms. The number of sulfone groups is 1. The van der Waals surface area contributed by atoms with Crippen molar-refractivity contribution >= 4 is 37.4 Å². The van der Waals surface area contributed by atoms with Gasteiger partial charge in [-0.1, -0.05) is 30.3 Å². The predicted octanol–water partition coefficient (Wildman–Crippen LogP) is 4.29. The van der Waals surface area contributed by atoms with E-state index in [9.17, 15) is 12.6 Å². The second-order valence-electron chi connectivity index (χ2n) is 7.11. The highest BCUT2D eigenvalue weighted by Gasteiger charge is 2.11. The van der Waals surface area contributed by atoms with E-state index in [0.717, 1.165) is 38.1 Å². The molecule has 0 aliphatic rings. The molecule has 0 aliphatic heterocycles. The van der Waals surface area contributed by atoms with Gasteiger partial charge in [0.2, 0.25) is 0 Å². The first-order valence-corrected chi connectivity index (χ1v) is 12.6. The molecule has 1 unspecified atom stereocenters. The van der Waals surface area contributed by atoms with Gasteiger partial charge in [-0.05, 0) is 59.2 Å². The van der Waals surface area contributed by atoms with E-state index in [0.29, 0.717) is 5.82 Å². The van der Waals surface area contributed by atoms with Crippen LogP contribution in [0.2, 0.25) is 0 Å². The fourth-order valence-electron chi connectivity index (χ4n) is 3.33. The average molecular weight is 437 g/mol. The maximum Gasteiger partial charge on any atom is 0.175 e. The van der Waals surface area contributed by atoms with Crippen LogP contribution in [0.4, 0.5) is 5.82 Å². The molecule has 1 atom stereocenters. The highest BCUT2D eigenvalue weighted by atomic mass is 32.2. The molecule has 0 bridgehead atoms. The minimum absolute atomic E-state index is 0.282. The van der Waals surface area contributed by atoms with E-state index in [-0.39, 0.29) is 4.90 Å². The molecule has 0 aliphatic carbocycles. The Balaban J connectivity index is 1.81. The molecule has 0 radical (unpaired) electrons. The molecule has 4 rings (SSSR count). The number of nitrogen functional groups attached to an aromatic ring is 1. The van der Waals surface area contributed by atoms with Crippen LogP contribution in [0.25, 0.3) is 33.2 Å². The molecule has 0 amide bonds. The fraction of sp³-hybridized carbons (Fsp3) is 0.0870. The van der Waals surface area contributed by atoms with Crippen molar-refractivity contribution in [3.8, 4) is 22.3 Å². The highest BCUT2D eigenvalue weighted by Crippen LogP contribution is 2.31. The standard InChI is InChI=1S/C23H20N2O3S2/c1-29(26)19-9-6-15(7-10-19)21-14-18-12-17(8-11-22(18)25-23(21)24)16-4-3-5-20(13-16)30(2,27)28/h3-14H,1-2H3,(H2,24,25). The van der Waals surface area contributed by atoms with Gasteiger partial charge in [0, 0.05) is 39.2 Å². The van der Waals surface area contributed by atoms with E-state index in [4.69, 9.17) is 5.73 Å². The van der Waals surface area contributed by atoms with Crippen molar-refractivity contribution in [3.63, 3.8) is 0 Å². The number of fused-ring (bicyclic) bond motifs is 1. The molecule has 152 valence electrons. The number of nitrogens with zero attached hydrogens (tertiary/aromatic N) is 1. The lowest BCUT2D eigenvalue weighted by Gasteiger charge is -2.10. The number of hydrogen-bond donors (Lipinski definition) is 1. The van der Waals surface area contributed by atoms with Crippen LogP contribution in [0, 0.1) is 0 Å². The predicted molar refractivity (Wildman–Crippen MR) is 122 cm³/mol. The summed E-state index contributed by atoms with van der Waals surface area (Å²) in [5.74, 6) is 0.416. The third-order valence-electron chi connectivity index (χ3n) is 4.94. The minimum Gasteiger partial charge on any atom is -0.383 e. The number of rotatable bonds is 4. The van der Waals surface area contributed by atoms with Crippen molar-refractivity contribution in [1.29, 1.82) is 0 Å². The molecule has 5 nitrogen and oxygen atoms in total. The summed E-state index contributed by atoms with van der Waals surface area (Å²) < 4.78 is 35.4. The van der Waals surface area contributed by atoms with E-state index in [1.54, 1.807) is 24.5 Å². The Morgan fingerprint density at radius 1 is 0.867 bits per heavy atom. The molecule has 3 aromatic carbocycles. The van der Waals surface area contributed by atoms with Gasteiger partial charge in [0.25, 0.3) is 0 Å². The van der Waals surface area contributed by atoms with Crippen LogP contribution in [-0.2, 0) is 20.6 Å². The first kappa shape index (κ1) is 20.3. The third kappa shape index (κ3) is 3.99. The summed E-state index contributed by atoms with van der Waals surface area (Å²) in [7, 11) is -4.33. The number of pyridine rings is 1. The first-order chi connectivity index (χ1) is 14.2. The molecule has 1 aromatic heterocycles. The Morgan fingerprint density at radius 3 is 2.20 bits per heavy atom. The normalized spacial score (nSPS) is 12.7. The number of hydrogen-bond acceptors (Lipinski definition) is 5. The number of benzene rings is 3. The smallest absolute Gasteiger partial charge is 0.175 e. The van der Waals surface area contributed by atoms with Crippen molar-refractivity contribution in [2.45, 2.75) is 9.79 Å². The monoisotopic (exact) mass is 436 g/mol. The van der Waals surface area contributed by atoms with Gasteiger partial charge in [-0.2, -0.15) is 0 Å². The largest absolute Gasteiger partial charge is 0.383 e. The zero-order chi connectivity index (χ0) is 21.5. The molecule has 0 saturated carbocycles. The molecule has 0 fully saturated rings. The summed E-state index contributed by atoms with van der Waals surface area (Å²) in [6.45, 7) is 0. The van der Waals surface area contributed by atoms with Gasteiger partial charge in [0.05, 0.1) is 10.4 Å².